The molecular formula is C14H20N4O2. The first-order valence-electron chi connectivity index (χ1n) is 7.08. The summed E-state index contributed by atoms with van der Waals surface area (Å²) in [5.74, 6) is 2.61. The van der Waals surface area contributed by atoms with E-state index < -0.39 is 0 Å². The summed E-state index contributed by atoms with van der Waals surface area (Å²) in [6, 6.07) is 3.65. The second-order valence-electron chi connectivity index (χ2n) is 5.27. The van der Waals surface area contributed by atoms with Crippen LogP contribution in [-0.4, -0.2) is 41.7 Å². The zero-order valence-electron chi connectivity index (χ0n) is 11.7. The summed E-state index contributed by atoms with van der Waals surface area (Å²) in [5, 5.41) is 7.20. The first-order valence-corrected chi connectivity index (χ1v) is 7.08. The molecule has 1 fully saturated rings. The lowest BCUT2D eigenvalue weighted by Gasteiger charge is -2.30. The average Bonchev–Trinajstić information content (AvgIpc) is 3.12. The van der Waals surface area contributed by atoms with Crippen LogP contribution in [0.1, 0.15) is 18.7 Å². The lowest BCUT2D eigenvalue weighted by atomic mass is 9.97. The fourth-order valence-corrected chi connectivity index (χ4v) is 2.65. The molecule has 0 bridgehead atoms. The Hall–Kier alpha value is -1.66. The molecule has 0 saturated carbocycles. The molecule has 1 aliphatic heterocycles. The van der Waals surface area contributed by atoms with Crippen LogP contribution in [-0.2, 0) is 6.54 Å². The number of rotatable bonds is 5. The van der Waals surface area contributed by atoms with Gasteiger partial charge in [0.2, 0.25) is 11.7 Å². The lowest BCUT2D eigenvalue weighted by molar-refractivity contribution is 0.159. The Bertz CT molecular complexity index is 515. The smallest absolute Gasteiger partial charge is 0.241 e. The summed E-state index contributed by atoms with van der Waals surface area (Å²) in [7, 11) is 2.01. The number of piperidine rings is 1. The molecule has 0 amide bonds. The first kappa shape index (κ1) is 13.3. The van der Waals surface area contributed by atoms with Gasteiger partial charge < -0.3 is 14.3 Å². The Morgan fingerprint density at radius 3 is 2.95 bits per heavy atom. The van der Waals surface area contributed by atoms with Crippen molar-refractivity contribution in [1.82, 2.24) is 20.4 Å². The highest BCUT2D eigenvalue weighted by Gasteiger charge is 2.20. The second-order valence-corrected chi connectivity index (χ2v) is 5.27. The normalized spacial score (nSPS) is 17.6. The van der Waals surface area contributed by atoms with Gasteiger partial charge in [-0.1, -0.05) is 5.16 Å². The van der Waals surface area contributed by atoms with Crippen LogP contribution in [0, 0.1) is 5.92 Å². The van der Waals surface area contributed by atoms with Crippen LogP contribution in [0.15, 0.2) is 27.3 Å². The molecule has 20 heavy (non-hydrogen) atoms. The zero-order chi connectivity index (χ0) is 13.8. The van der Waals surface area contributed by atoms with Gasteiger partial charge in [0, 0.05) is 0 Å². The number of hydrogen-bond acceptors (Lipinski definition) is 6. The van der Waals surface area contributed by atoms with Gasteiger partial charge in [-0.05, 0) is 57.6 Å². The van der Waals surface area contributed by atoms with Crippen LogP contribution in [0.2, 0.25) is 0 Å². The van der Waals surface area contributed by atoms with E-state index in [2.05, 4.69) is 20.4 Å². The third-order valence-corrected chi connectivity index (χ3v) is 3.77. The summed E-state index contributed by atoms with van der Waals surface area (Å²) in [4.78, 5) is 6.74. The molecule has 6 heteroatoms. The number of aromatic nitrogens is 2. The molecule has 1 saturated heterocycles. The largest absolute Gasteiger partial charge is 0.461 e. The molecule has 0 unspecified atom stereocenters. The van der Waals surface area contributed by atoms with E-state index >= 15 is 0 Å². The van der Waals surface area contributed by atoms with Crippen molar-refractivity contribution in [2.75, 3.05) is 26.7 Å². The van der Waals surface area contributed by atoms with E-state index in [0.29, 0.717) is 17.5 Å². The van der Waals surface area contributed by atoms with Crippen molar-refractivity contribution in [1.29, 1.82) is 0 Å². The van der Waals surface area contributed by atoms with Crippen LogP contribution in [0.3, 0.4) is 0 Å². The minimum atomic E-state index is 0.523. The van der Waals surface area contributed by atoms with Crippen molar-refractivity contribution in [2.24, 2.45) is 5.92 Å². The van der Waals surface area contributed by atoms with E-state index in [-0.39, 0.29) is 0 Å². The van der Waals surface area contributed by atoms with E-state index in [1.165, 1.54) is 12.8 Å². The van der Waals surface area contributed by atoms with Gasteiger partial charge in [-0.3, -0.25) is 4.90 Å². The monoisotopic (exact) mass is 276 g/mol. The van der Waals surface area contributed by atoms with Crippen molar-refractivity contribution < 1.29 is 8.94 Å². The van der Waals surface area contributed by atoms with Crippen LogP contribution in [0.5, 0.6) is 0 Å². The van der Waals surface area contributed by atoms with Crippen LogP contribution < -0.4 is 5.32 Å². The Morgan fingerprint density at radius 1 is 1.40 bits per heavy atom. The van der Waals surface area contributed by atoms with E-state index in [9.17, 15) is 0 Å². The van der Waals surface area contributed by atoms with Crippen molar-refractivity contribution in [3.8, 4) is 11.6 Å². The standard InChI is InChI=1S/C14H20N4O2/c1-15-9-11-4-6-18(7-5-11)10-13-16-14(17-20-13)12-3-2-8-19-12/h2-3,8,11,15H,4-7,9-10H2,1H3. The predicted molar refractivity (Wildman–Crippen MR) is 73.9 cm³/mol. The van der Waals surface area contributed by atoms with Gasteiger partial charge in [-0.2, -0.15) is 4.98 Å². The Labute approximate surface area is 118 Å². The van der Waals surface area contributed by atoms with E-state index in [4.69, 9.17) is 8.94 Å². The molecule has 2 aromatic rings. The van der Waals surface area contributed by atoms with Crippen molar-refractivity contribution >= 4 is 0 Å². The van der Waals surface area contributed by atoms with Gasteiger partial charge in [0.15, 0.2) is 5.76 Å². The number of furan rings is 1. The molecule has 108 valence electrons. The molecule has 2 aromatic heterocycles. The SMILES string of the molecule is CNCC1CCN(Cc2nc(-c3ccco3)no2)CC1. The third-order valence-electron chi connectivity index (χ3n) is 3.77. The van der Waals surface area contributed by atoms with Gasteiger partial charge >= 0.3 is 0 Å². The minimum Gasteiger partial charge on any atom is -0.461 e. The number of likely N-dealkylation sites (tertiary alicyclic amines) is 1. The predicted octanol–water partition coefficient (Wildman–Crippen LogP) is 1.76. The second kappa shape index (κ2) is 6.19. The van der Waals surface area contributed by atoms with Crippen molar-refractivity contribution in [2.45, 2.75) is 19.4 Å². The van der Waals surface area contributed by atoms with E-state index in [1.807, 2.05) is 19.2 Å². The Balaban J connectivity index is 1.54. The molecule has 1 aliphatic rings. The third kappa shape index (κ3) is 3.08. The summed E-state index contributed by atoms with van der Waals surface area (Å²) < 4.78 is 10.5. The molecule has 0 spiro atoms. The highest BCUT2D eigenvalue weighted by atomic mass is 16.5. The van der Waals surface area contributed by atoms with Gasteiger partial charge in [-0.15, -0.1) is 0 Å². The van der Waals surface area contributed by atoms with Crippen LogP contribution >= 0.6 is 0 Å². The molecule has 3 rings (SSSR count). The highest BCUT2D eigenvalue weighted by molar-refractivity contribution is 5.44. The molecule has 6 nitrogen and oxygen atoms in total. The fourth-order valence-electron chi connectivity index (χ4n) is 2.65. The Morgan fingerprint density at radius 2 is 2.25 bits per heavy atom. The molecule has 0 aromatic carbocycles. The molecule has 1 N–H and O–H groups in total. The molecule has 0 radical (unpaired) electrons. The number of nitrogens with one attached hydrogen (secondary N) is 1. The highest BCUT2D eigenvalue weighted by Crippen LogP contribution is 2.20. The van der Waals surface area contributed by atoms with Crippen molar-refractivity contribution in [3.05, 3.63) is 24.3 Å². The number of nitrogens with zero attached hydrogens (tertiary/aromatic N) is 3. The van der Waals surface area contributed by atoms with Gasteiger partial charge in [-0.25, -0.2) is 0 Å². The molecule has 3 heterocycles. The number of hydrogen-bond donors (Lipinski definition) is 1. The maximum atomic E-state index is 5.29. The molecule has 0 atom stereocenters. The lowest BCUT2D eigenvalue weighted by Crippen LogP contribution is -2.36. The Kier molecular flexibility index (Phi) is 4.13. The topological polar surface area (TPSA) is 67.3 Å². The summed E-state index contributed by atoms with van der Waals surface area (Å²) in [5.41, 5.74) is 0. The summed E-state index contributed by atoms with van der Waals surface area (Å²) >= 11 is 0. The summed E-state index contributed by atoms with van der Waals surface area (Å²) in [6.07, 6.45) is 4.05. The van der Waals surface area contributed by atoms with Gasteiger partial charge in [0.1, 0.15) is 0 Å². The van der Waals surface area contributed by atoms with Gasteiger partial charge in [0.25, 0.3) is 0 Å². The van der Waals surface area contributed by atoms with E-state index in [0.717, 1.165) is 32.1 Å². The molecule has 0 aliphatic carbocycles. The van der Waals surface area contributed by atoms with Crippen LogP contribution in [0.25, 0.3) is 11.6 Å². The fraction of sp³-hybridized carbons (Fsp3) is 0.571. The quantitative estimate of drug-likeness (QED) is 0.897. The summed E-state index contributed by atoms with van der Waals surface area (Å²) in [6.45, 7) is 4.01. The van der Waals surface area contributed by atoms with Crippen molar-refractivity contribution in [3.63, 3.8) is 0 Å². The van der Waals surface area contributed by atoms with E-state index in [1.54, 1.807) is 6.26 Å². The minimum absolute atomic E-state index is 0.523. The average molecular weight is 276 g/mol. The maximum Gasteiger partial charge on any atom is 0.241 e. The zero-order valence-corrected chi connectivity index (χ0v) is 11.7. The first-order chi connectivity index (χ1) is 9.85. The van der Waals surface area contributed by atoms with Gasteiger partial charge in [0.05, 0.1) is 12.8 Å². The van der Waals surface area contributed by atoms with Crippen LogP contribution in [0.4, 0.5) is 0 Å². The maximum absolute atomic E-state index is 5.29. The molecular weight excluding hydrogens is 256 g/mol.